The van der Waals surface area contributed by atoms with E-state index in [-0.39, 0.29) is 6.61 Å². The molecule has 1 N–H and O–H groups in total. The third-order valence-corrected chi connectivity index (χ3v) is 1.99. The summed E-state index contributed by atoms with van der Waals surface area (Å²) in [6, 6.07) is 5.62. The maximum Gasteiger partial charge on any atom is 0.161 e. The summed E-state index contributed by atoms with van der Waals surface area (Å²) in [6.45, 7) is 4.16. The zero-order valence-electron chi connectivity index (χ0n) is 8.90. The monoisotopic (exact) mass is 208 g/mol. The summed E-state index contributed by atoms with van der Waals surface area (Å²) in [6.07, 6.45) is 2.30. The Bertz CT molecular complexity index is 321. The molecule has 0 aliphatic carbocycles. The third-order valence-electron chi connectivity index (χ3n) is 1.99. The molecule has 1 aromatic rings. The smallest absolute Gasteiger partial charge is 0.161 e. The van der Waals surface area contributed by atoms with Gasteiger partial charge in [-0.15, -0.1) is 0 Å². The lowest BCUT2D eigenvalue weighted by molar-refractivity contribution is 0.298. The van der Waals surface area contributed by atoms with Crippen LogP contribution < -0.4 is 9.47 Å². The van der Waals surface area contributed by atoms with Gasteiger partial charge in [-0.3, -0.25) is 0 Å². The average molecular weight is 208 g/mol. The van der Waals surface area contributed by atoms with Crippen LogP contribution in [0.25, 0.3) is 0 Å². The van der Waals surface area contributed by atoms with E-state index in [4.69, 9.17) is 14.6 Å². The van der Waals surface area contributed by atoms with Gasteiger partial charge in [0, 0.05) is 6.61 Å². The van der Waals surface area contributed by atoms with Crippen molar-refractivity contribution in [3.8, 4) is 11.5 Å². The van der Waals surface area contributed by atoms with Gasteiger partial charge in [-0.05, 0) is 24.1 Å². The SMILES string of the molecule is C=CCOc1cc(CCO)ccc1OC. The molecule has 0 amide bonds. The second-order valence-corrected chi connectivity index (χ2v) is 3.06. The first-order valence-corrected chi connectivity index (χ1v) is 4.83. The molecular weight excluding hydrogens is 192 g/mol. The minimum Gasteiger partial charge on any atom is -0.493 e. The molecule has 0 saturated carbocycles. The minimum absolute atomic E-state index is 0.132. The molecule has 3 heteroatoms. The highest BCUT2D eigenvalue weighted by Gasteiger charge is 2.04. The van der Waals surface area contributed by atoms with E-state index in [0.717, 1.165) is 5.56 Å². The highest BCUT2D eigenvalue weighted by atomic mass is 16.5. The van der Waals surface area contributed by atoms with E-state index in [2.05, 4.69) is 6.58 Å². The van der Waals surface area contributed by atoms with Crippen LogP contribution >= 0.6 is 0 Å². The molecule has 0 radical (unpaired) electrons. The van der Waals surface area contributed by atoms with Gasteiger partial charge in [0.1, 0.15) is 6.61 Å². The number of hydrogen-bond acceptors (Lipinski definition) is 3. The van der Waals surface area contributed by atoms with E-state index < -0.39 is 0 Å². The molecule has 0 saturated heterocycles. The fourth-order valence-electron chi connectivity index (χ4n) is 1.27. The Kier molecular flexibility index (Phi) is 4.71. The molecule has 1 aromatic carbocycles. The standard InChI is InChI=1S/C12H16O3/c1-3-8-15-12-9-10(6-7-13)4-5-11(12)14-2/h3-5,9,13H,1,6-8H2,2H3. The number of methoxy groups -OCH3 is 1. The van der Waals surface area contributed by atoms with Crippen LogP contribution in [-0.2, 0) is 6.42 Å². The fraction of sp³-hybridized carbons (Fsp3) is 0.333. The number of benzene rings is 1. The Morgan fingerprint density at radius 3 is 2.80 bits per heavy atom. The Morgan fingerprint density at radius 2 is 2.20 bits per heavy atom. The fourth-order valence-corrected chi connectivity index (χ4v) is 1.27. The number of hydrogen-bond donors (Lipinski definition) is 1. The van der Waals surface area contributed by atoms with Gasteiger partial charge in [-0.25, -0.2) is 0 Å². The first kappa shape index (κ1) is 11.6. The molecule has 0 fully saturated rings. The van der Waals surface area contributed by atoms with Crippen molar-refractivity contribution >= 4 is 0 Å². The molecule has 3 nitrogen and oxygen atoms in total. The molecule has 0 aliphatic rings. The molecule has 0 spiro atoms. The highest BCUT2D eigenvalue weighted by Crippen LogP contribution is 2.28. The lowest BCUT2D eigenvalue weighted by atomic mass is 10.1. The summed E-state index contributed by atoms with van der Waals surface area (Å²) in [7, 11) is 1.60. The van der Waals surface area contributed by atoms with E-state index in [1.54, 1.807) is 13.2 Å². The van der Waals surface area contributed by atoms with Crippen molar-refractivity contribution in [2.75, 3.05) is 20.3 Å². The Hall–Kier alpha value is -1.48. The second-order valence-electron chi connectivity index (χ2n) is 3.06. The molecular formula is C12H16O3. The van der Waals surface area contributed by atoms with Crippen LogP contribution in [0.3, 0.4) is 0 Å². The highest BCUT2D eigenvalue weighted by molar-refractivity contribution is 5.43. The quantitative estimate of drug-likeness (QED) is 0.724. The van der Waals surface area contributed by atoms with Crippen molar-refractivity contribution < 1.29 is 14.6 Å². The number of rotatable bonds is 6. The predicted molar refractivity (Wildman–Crippen MR) is 59.5 cm³/mol. The summed E-state index contributed by atoms with van der Waals surface area (Å²) in [5.41, 5.74) is 1.03. The van der Waals surface area contributed by atoms with E-state index in [0.29, 0.717) is 24.5 Å². The zero-order chi connectivity index (χ0) is 11.1. The van der Waals surface area contributed by atoms with Gasteiger partial charge in [0.05, 0.1) is 7.11 Å². The molecule has 0 bridgehead atoms. The van der Waals surface area contributed by atoms with Crippen LogP contribution in [0, 0.1) is 0 Å². The van der Waals surface area contributed by atoms with E-state index >= 15 is 0 Å². The Morgan fingerprint density at radius 1 is 1.40 bits per heavy atom. The van der Waals surface area contributed by atoms with Gasteiger partial charge in [-0.2, -0.15) is 0 Å². The first-order valence-electron chi connectivity index (χ1n) is 4.83. The average Bonchev–Trinajstić information content (AvgIpc) is 2.27. The van der Waals surface area contributed by atoms with Gasteiger partial charge >= 0.3 is 0 Å². The van der Waals surface area contributed by atoms with Crippen molar-refractivity contribution in [2.24, 2.45) is 0 Å². The lowest BCUT2D eigenvalue weighted by Crippen LogP contribution is -1.98. The van der Waals surface area contributed by atoms with Crippen LogP contribution in [0.15, 0.2) is 30.9 Å². The van der Waals surface area contributed by atoms with Crippen LogP contribution in [0.2, 0.25) is 0 Å². The molecule has 0 aromatic heterocycles. The van der Waals surface area contributed by atoms with Crippen LogP contribution in [-0.4, -0.2) is 25.4 Å². The summed E-state index contributed by atoms with van der Waals surface area (Å²) in [5, 5.41) is 8.82. The summed E-state index contributed by atoms with van der Waals surface area (Å²) >= 11 is 0. The summed E-state index contributed by atoms with van der Waals surface area (Å²) < 4.78 is 10.6. The summed E-state index contributed by atoms with van der Waals surface area (Å²) in [5.74, 6) is 1.38. The van der Waals surface area contributed by atoms with Crippen molar-refractivity contribution in [2.45, 2.75) is 6.42 Å². The number of aliphatic hydroxyl groups is 1. The van der Waals surface area contributed by atoms with Gasteiger partial charge in [0.25, 0.3) is 0 Å². The largest absolute Gasteiger partial charge is 0.493 e. The lowest BCUT2D eigenvalue weighted by Gasteiger charge is -2.10. The molecule has 82 valence electrons. The van der Waals surface area contributed by atoms with E-state index in [1.165, 1.54) is 0 Å². The maximum atomic E-state index is 8.82. The van der Waals surface area contributed by atoms with E-state index in [9.17, 15) is 0 Å². The Balaban J connectivity index is 2.85. The molecule has 15 heavy (non-hydrogen) atoms. The van der Waals surface area contributed by atoms with Gasteiger partial charge in [-0.1, -0.05) is 18.7 Å². The number of aliphatic hydroxyl groups excluding tert-OH is 1. The minimum atomic E-state index is 0.132. The van der Waals surface area contributed by atoms with Gasteiger partial charge < -0.3 is 14.6 Å². The predicted octanol–water partition coefficient (Wildman–Crippen LogP) is 1.79. The van der Waals surface area contributed by atoms with Gasteiger partial charge in [0.2, 0.25) is 0 Å². The summed E-state index contributed by atoms with van der Waals surface area (Å²) in [4.78, 5) is 0. The van der Waals surface area contributed by atoms with Crippen molar-refractivity contribution in [1.82, 2.24) is 0 Å². The molecule has 1 rings (SSSR count). The maximum absolute atomic E-state index is 8.82. The number of ether oxygens (including phenoxy) is 2. The topological polar surface area (TPSA) is 38.7 Å². The van der Waals surface area contributed by atoms with Crippen LogP contribution in [0.1, 0.15) is 5.56 Å². The van der Waals surface area contributed by atoms with Gasteiger partial charge in [0.15, 0.2) is 11.5 Å². The molecule has 0 aliphatic heterocycles. The normalized spacial score (nSPS) is 9.73. The first-order chi connectivity index (χ1) is 7.31. The van der Waals surface area contributed by atoms with Crippen LogP contribution in [0.4, 0.5) is 0 Å². The molecule has 0 heterocycles. The Labute approximate surface area is 90.0 Å². The zero-order valence-corrected chi connectivity index (χ0v) is 8.90. The van der Waals surface area contributed by atoms with Crippen molar-refractivity contribution in [3.63, 3.8) is 0 Å². The van der Waals surface area contributed by atoms with Crippen molar-refractivity contribution in [1.29, 1.82) is 0 Å². The molecule has 0 atom stereocenters. The van der Waals surface area contributed by atoms with Crippen molar-refractivity contribution in [3.05, 3.63) is 36.4 Å². The molecule has 0 unspecified atom stereocenters. The second kappa shape index (κ2) is 6.09. The third kappa shape index (κ3) is 3.29. The van der Waals surface area contributed by atoms with E-state index in [1.807, 2.05) is 18.2 Å². The van der Waals surface area contributed by atoms with Crippen LogP contribution in [0.5, 0.6) is 11.5 Å².